The number of rotatable bonds is 6. The molecule has 2 aromatic rings. The zero-order chi connectivity index (χ0) is 14.5. The molecule has 5 nitrogen and oxygen atoms in total. The first-order chi connectivity index (χ1) is 9.60. The van der Waals surface area contributed by atoms with Gasteiger partial charge in [0.2, 0.25) is 12.2 Å². The summed E-state index contributed by atoms with van der Waals surface area (Å²) in [6.45, 7) is 1.75. The Morgan fingerprint density at radius 1 is 1.35 bits per heavy atom. The SMILES string of the molecule is CCC(N)Cc1cc(F)c(OCc2ncon2)c(F)c1. The first-order valence-electron chi connectivity index (χ1n) is 6.21. The van der Waals surface area contributed by atoms with Crippen molar-refractivity contribution in [2.75, 3.05) is 0 Å². The minimum atomic E-state index is -0.771. The van der Waals surface area contributed by atoms with Crippen LogP contribution in [0.3, 0.4) is 0 Å². The molecular weight excluding hydrogens is 268 g/mol. The van der Waals surface area contributed by atoms with E-state index in [9.17, 15) is 8.78 Å². The summed E-state index contributed by atoms with van der Waals surface area (Å²) in [4.78, 5) is 3.69. The fourth-order valence-electron chi connectivity index (χ4n) is 1.71. The van der Waals surface area contributed by atoms with Crippen LogP contribution in [0.5, 0.6) is 5.75 Å². The van der Waals surface area contributed by atoms with E-state index in [-0.39, 0.29) is 18.5 Å². The molecule has 2 rings (SSSR count). The Morgan fingerprint density at radius 3 is 2.60 bits per heavy atom. The topological polar surface area (TPSA) is 74.2 Å². The Balaban J connectivity index is 2.10. The minimum Gasteiger partial charge on any atom is -0.479 e. The molecule has 1 unspecified atom stereocenters. The maximum Gasteiger partial charge on any atom is 0.213 e. The lowest BCUT2D eigenvalue weighted by Gasteiger charge is -2.11. The molecule has 2 N–H and O–H groups in total. The molecule has 0 amide bonds. The maximum atomic E-state index is 13.8. The lowest BCUT2D eigenvalue weighted by atomic mass is 10.0. The highest BCUT2D eigenvalue weighted by Gasteiger charge is 2.15. The molecule has 0 aliphatic heterocycles. The summed E-state index contributed by atoms with van der Waals surface area (Å²) in [6, 6.07) is 2.33. The normalized spacial score (nSPS) is 12.4. The fraction of sp³-hybridized carbons (Fsp3) is 0.385. The summed E-state index contributed by atoms with van der Waals surface area (Å²) in [5.74, 6) is -1.79. The molecule has 0 aliphatic rings. The van der Waals surface area contributed by atoms with E-state index in [0.29, 0.717) is 12.0 Å². The number of halogens is 2. The van der Waals surface area contributed by atoms with Crippen molar-refractivity contribution < 1.29 is 18.0 Å². The zero-order valence-electron chi connectivity index (χ0n) is 11.0. The third-order valence-corrected chi connectivity index (χ3v) is 2.83. The second-order valence-corrected chi connectivity index (χ2v) is 4.40. The highest BCUT2D eigenvalue weighted by Crippen LogP contribution is 2.24. The van der Waals surface area contributed by atoms with Crippen LogP contribution in [0.1, 0.15) is 24.7 Å². The van der Waals surface area contributed by atoms with Crippen LogP contribution in [0, 0.1) is 11.6 Å². The number of aromatic nitrogens is 2. The molecule has 0 saturated heterocycles. The number of hydrogen-bond acceptors (Lipinski definition) is 5. The average Bonchev–Trinajstić information content (AvgIpc) is 2.90. The van der Waals surface area contributed by atoms with Gasteiger partial charge in [-0.25, -0.2) is 8.78 Å². The summed E-state index contributed by atoms with van der Waals surface area (Å²) in [5.41, 5.74) is 6.26. The zero-order valence-corrected chi connectivity index (χ0v) is 11.0. The highest BCUT2D eigenvalue weighted by atomic mass is 19.1. The van der Waals surface area contributed by atoms with Crippen molar-refractivity contribution in [3.8, 4) is 5.75 Å². The predicted molar refractivity (Wildman–Crippen MR) is 67.0 cm³/mol. The molecule has 20 heavy (non-hydrogen) atoms. The Morgan fingerprint density at radius 2 is 2.05 bits per heavy atom. The highest BCUT2D eigenvalue weighted by molar-refractivity contribution is 5.31. The summed E-state index contributed by atoms with van der Waals surface area (Å²) >= 11 is 0. The number of hydrogen-bond donors (Lipinski definition) is 1. The quantitative estimate of drug-likeness (QED) is 0.879. The van der Waals surface area contributed by atoms with Gasteiger partial charge in [-0.3, -0.25) is 0 Å². The molecule has 0 fully saturated rings. The third kappa shape index (κ3) is 3.51. The van der Waals surface area contributed by atoms with Crippen LogP contribution in [0.4, 0.5) is 8.78 Å². The lowest BCUT2D eigenvalue weighted by Crippen LogP contribution is -2.21. The molecule has 0 bridgehead atoms. The predicted octanol–water partition coefficient (Wildman–Crippen LogP) is 2.21. The van der Waals surface area contributed by atoms with Gasteiger partial charge in [-0.1, -0.05) is 12.1 Å². The van der Waals surface area contributed by atoms with Crippen LogP contribution in [-0.4, -0.2) is 16.2 Å². The van der Waals surface area contributed by atoms with Crippen LogP contribution in [0.25, 0.3) is 0 Å². The van der Waals surface area contributed by atoms with Crippen molar-refractivity contribution in [1.82, 2.24) is 10.1 Å². The molecule has 0 aliphatic carbocycles. The van der Waals surface area contributed by atoms with Gasteiger partial charge in [-0.05, 0) is 30.5 Å². The molecule has 1 heterocycles. The van der Waals surface area contributed by atoms with Gasteiger partial charge in [0.1, 0.15) is 0 Å². The van der Waals surface area contributed by atoms with E-state index in [1.807, 2.05) is 6.92 Å². The van der Waals surface area contributed by atoms with Crippen molar-refractivity contribution in [2.45, 2.75) is 32.4 Å². The second-order valence-electron chi connectivity index (χ2n) is 4.40. The van der Waals surface area contributed by atoms with Gasteiger partial charge in [0, 0.05) is 6.04 Å². The van der Waals surface area contributed by atoms with Gasteiger partial charge < -0.3 is 15.0 Å². The Hall–Kier alpha value is -2.02. The van der Waals surface area contributed by atoms with Crippen LogP contribution in [0.15, 0.2) is 23.0 Å². The van der Waals surface area contributed by atoms with Crippen LogP contribution in [-0.2, 0) is 13.0 Å². The summed E-state index contributed by atoms with van der Waals surface area (Å²) in [6.07, 6.45) is 2.26. The van der Waals surface area contributed by atoms with E-state index in [2.05, 4.69) is 14.7 Å². The molecule has 0 radical (unpaired) electrons. The largest absolute Gasteiger partial charge is 0.479 e. The molecule has 0 saturated carbocycles. The molecular formula is C13H15F2N3O2. The first kappa shape index (κ1) is 14.4. The minimum absolute atomic E-state index is 0.125. The summed E-state index contributed by atoms with van der Waals surface area (Å²) in [5, 5.41) is 3.49. The van der Waals surface area contributed by atoms with Gasteiger partial charge >= 0.3 is 0 Å². The summed E-state index contributed by atoms with van der Waals surface area (Å²) in [7, 11) is 0. The molecule has 1 aromatic heterocycles. The van der Waals surface area contributed by atoms with E-state index in [4.69, 9.17) is 10.5 Å². The van der Waals surface area contributed by atoms with Gasteiger partial charge in [0.05, 0.1) is 0 Å². The smallest absolute Gasteiger partial charge is 0.213 e. The second kappa shape index (κ2) is 6.42. The first-order valence-corrected chi connectivity index (χ1v) is 6.21. The molecule has 7 heteroatoms. The Labute approximate surface area is 114 Å². The van der Waals surface area contributed by atoms with Crippen LogP contribution < -0.4 is 10.5 Å². The van der Waals surface area contributed by atoms with Gasteiger partial charge in [0.25, 0.3) is 0 Å². The number of ether oxygens (including phenoxy) is 1. The van der Waals surface area contributed by atoms with Crippen molar-refractivity contribution >= 4 is 0 Å². The van der Waals surface area contributed by atoms with E-state index < -0.39 is 17.4 Å². The fourth-order valence-corrected chi connectivity index (χ4v) is 1.71. The molecule has 108 valence electrons. The van der Waals surface area contributed by atoms with E-state index >= 15 is 0 Å². The lowest BCUT2D eigenvalue weighted by molar-refractivity contribution is 0.259. The number of nitrogens with two attached hydrogens (primary N) is 1. The Kier molecular flexibility index (Phi) is 4.62. The summed E-state index contributed by atoms with van der Waals surface area (Å²) < 4.78 is 37.2. The molecule has 1 aromatic carbocycles. The van der Waals surface area contributed by atoms with Crippen LogP contribution in [0.2, 0.25) is 0 Å². The van der Waals surface area contributed by atoms with E-state index in [1.54, 1.807) is 0 Å². The Bertz CT molecular complexity index is 538. The maximum absolute atomic E-state index is 13.8. The van der Waals surface area contributed by atoms with Gasteiger partial charge in [-0.15, -0.1) is 0 Å². The van der Waals surface area contributed by atoms with Gasteiger partial charge in [-0.2, -0.15) is 4.98 Å². The standard InChI is InChI=1S/C13H15F2N3O2/c1-2-9(16)3-8-4-10(14)13(11(15)5-8)19-6-12-17-7-20-18-12/h4-5,7,9H,2-3,6,16H2,1H3. The molecule has 0 spiro atoms. The molecule has 1 atom stereocenters. The van der Waals surface area contributed by atoms with Crippen molar-refractivity contribution in [1.29, 1.82) is 0 Å². The van der Waals surface area contributed by atoms with Crippen LogP contribution >= 0.6 is 0 Å². The number of benzene rings is 1. The van der Waals surface area contributed by atoms with E-state index in [1.165, 1.54) is 12.1 Å². The van der Waals surface area contributed by atoms with Crippen molar-refractivity contribution in [3.63, 3.8) is 0 Å². The van der Waals surface area contributed by atoms with E-state index in [0.717, 1.165) is 12.8 Å². The van der Waals surface area contributed by atoms with Gasteiger partial charge in [0.15, 0.2) is 24.0 Å². The van der Waals surface area contributed by atoms with Crippen molar-refractivity contribution in [2.24, 2.45) is 5.73 Å². The average molecular weight is 283 g/mol. The van der Waals surface area contributed by atoms with Crippen molar-refractivity contribution in [3.05, 3.63) is 41.5 Å². The third-order valence-electron chi connectivity index (χ3n) is 2.83. The number of nitrogens with zero attached hydrogens (tertiary/aromatic N) is 2. The monoisotopic (exact) mass is 283 g/mol.